The third-order valence-corrected chi connectivity index (χ3v) is 6.99. The number of benzene rings is 3. The Labute approximate surface area is 219 Å². The Morgan fingerprint density at radius 1 is 1.15 bits per heavy atom. The molecule has 0 saturated carbocycles. The van der Waals surface area contributed by atoms with E-state index >= 15 is 0 Å². The summed E-state index contributed by atoms with van der Waals surface area (Å²) in [4.78, 5) is 14.9. The molecule has 0 unspecified atom stereocenters. The number of nitrogens with zero attached hydrogens (tertiary/aromatic N) is 1. The van der Waals surface area contributed by atoms with E-state index in [0.29, 0.717) is 44.1 Å². The van der Waals surface area contributed by atoms with Crippen LogP contribution in [0.3, 0.4) is 0 Å². The Morgan fingerprint density at radius 2 is 1.91 bits per heavy atom. The van der Waals surface area contributed by atoms with Crippen molar-refractivity contribution in [2.24, 2.45) is 0 Å². The summed E-state index contributed by atoms with van der Waals surface area (Å²) in [5.74, 6) is 0.265. The van der Waals surface area contributed by atoms with Gasteiger partial charge in [-0.3, -0.25) is 9.69 Å². The lowest BCUT2D eigenvalue weighted by molar-refractivity contribution is -0.113. The minimum Gasteiger partial charge on any atom is -0.490 e. The molecule has 0 bridgehead atoms. The van der Waals surface area contributed by atoms with Gasteiger partial charge < -0.3 is 9.47 Å². The highest BCUT2D eigenvalue weighted by atomic mass is 79.9. The summed E-state index contributed by atoms with van der Waals surface area (Å²) < 4.78 is 26.4. The van der Waals surface area contributed by atoms with Crippen molar-refractivity contribution in [3.8, 4) is 11.5 Å². The van der Waals surface area contributed by atoms with Gasteiger partial charge in [-0.1, -0.05) is 65.9 Å². The van der Waals surface area contributed by atoms with E-state index in [1.165, 1.54) is 23.1 Å². The normalized spacial score (nSPS) is 14.7. The highest BCUT2D eigenvalue weighted by molar-refractivity contribution is 9.10. The largest absolute Gasteiger partial charge is 0.490 e. The molecule has 9 heteroatoms. The average molecular weight is 579 g/mol. The molecule has 0 N–H and O–H groups in total. The number of amides is 1. The van der Waals surface area contributed by atoms with Crippen LogP contribution >= 0.6 is 51.5 Å². The highest BCUT2D eigenvalue weighted by Gasteiger charge is 2.33. The third kappa shape index (κ3) is 5.46. The van der Waals surface area contributed by atoms with Crippen LogP contribution in [-0.4, -0.2) is 16.8 Å². The molecule has 4 rings (SSSR count). The second kappa shape index (κ2) is 10.9. The summed E-state index contributed by atoms with van der Waals surface area (Å²) >= 11 is 16.0. The molecule has 1 aliphatic heterocycles. The van der Waals surface area contributed by atoms with Gasteiger partial charge in [0, 0.05) is 0 Å². The molecule has 0 spiro atoms. The molecule has 0 atom stereocenters. The van der Waals surface area contributed by atoms with E-state index in [2.05, 4.69) is 15.9 Å². The van der Waals surface area contributed by atoms with Crippen molar-refractivity contribution in [3.63, 3.8) is 0 Å². The first kappa shape index (κ1) is 24.7. The summed E-state index contributed by atoms with van der Waals surface area (Å²) in [6.45, 7) is 2.73. The zero-order valence-corrected chi connectivity index (χ0v) is 21.9. The second-order valence-corrected chi connectivity index (χ2v) is 10.1. The number of anilines is 1. The van der Waals surface area contributed by atoms with Crippen LogP contribution in [0.5, 0.6) is 11.5 Å². The standard InChI is InChI=1S/C25H18BrClFNO3S2/c1-2-31-21-11-16(10-18(26)23(21)32-14-15-6-4-3-5-7-15)12-22-24(30)29(25(33)34-22)17-8-9-20(28)19(27)13-17/h3-13H,2,14H2,1H3/b22-12+. The minimum absolute atomic E-state index is 0.0769. The first-order valence-corrected chi connectivity index (χ1v) is 12.6. The van der Waals surface area contributed by atoms with Crippen LogP contribution in [-0.2, 0) is 11.4 Å². The Bertz CT molecular complexity index is 1290. The molecule has 3 aromatic carbocycles. The molecule has 4 nitrogen and oxygen atoms in total. The fourth-order valence-electron chi connectivity index (χ4n) is 3.27. The van der Waals surface area contributed by atoms with Crippen LogP contribution < -0.4 is 14.4 Å². The second-order valence-electron chi connectivity index (χ2n) is 7.15. The number of thiocarbonyl (C=S) groups is 1. The molecular formula is C25H18BrClFNO3S2. The van der Waals surface area contributed by atoms with Gasteiger partial charge in [0.25, 0.3) is 5.91 Å². The zero-order valence-electron chi connectivity index (χ0n) is 17.9. The van der Waals surface area contributed by atoms with Crippen molar-refractivity contribution in [1.29, 1.82) is 0 Å². The Morgan fingerprint density at radius 3 is 2.62 bits per heavy atom. The summed E-state index contributed by atoms with van der Waals surface area (Å²) in [5.41, 5.74) is 2.18. The maximum atomic E-state index is 13.6. The number of rotatable bonds is 7. The summed E-state index contributed by atoms with van der Waals surface area (Å²) in [5, 5.41) is -0.0769. The fourth-order valence-corrected chi connectivity index (χ4v) is 5.32. The SMILES string of the molecule is CCOc1cc(/C=C2/SC(=S)N(c3ccc(F)c(Cl)c3)C2=O)cc(Br)c1OCc1ccccc1. The molecule has 3 aromatic rings. The number of hydrogen-bond donors (Lipinski definition) is 0. The maximum Gasteiger partial charge on any atom is 0.270 e. The predicted molar refractivity (Wildman–Crippen MR) is 143 cm³/mol. The van der Waals surface area contributed by atoms with E-state index in [9.17, 15) is 9.18 Å². The molecule has 34 heavy (non-hydrogen) atoms. The number of hydrogen-bond acceptors (Lipinski definition) is 5. The molecule has 0 radical (unpaired) electrons. The van der Waals surface area contributed by atoms with Gasteiger partial charge in [-0.15, -0.1) is 0 Å². The molecule has 1 heterocycles. The van der Waals surface area contributed by atoms with Gasteiger partial charge in [-0.25, -0.2) is 4.39 Å². The Hall–Kier alpha value is -2.39. The van der Waals surface area contributed by atoms with Gasteiger partial charge >= 0.3 is 0 Å². The van der Waals surface area contributed by atoms with Crippen LogP contribution in [0.2, 0.25) is 5.02 Å². The summed E-state index contributed by atoms with van der Waals surface area (Å²) in [7, 11) is 0. The quantitative estimate of drug-likeness (QED) is 0.213. The molecule has 174 valence electrons. The zero-order chi connectivity index (χ0) is 24.2. The summed E-state index contributed by atoms with van der Waals surface area (Å²) in [6, 6.07) is 17.6. The van der Waals surface area contributed by atoms with Crippen LogP contribution in [0.4, 0.5) is 10.1 Å². The third-order valence-electron chi connectivity index (χ3n) is 4.81. The first-order valence-electron chi connectivity index (χ1n) is 10.2. The summed E-state index contributed by atoms with van der Waals surface area (Å²) in [6.07, 6.45) is 1.73. The van der Waals surface area contributed by atoms with Crippen molar-refractivity contribution >= 4 is 73.5 Å². The van der Waals surface area contributed by atoms with Crippen molar-refractivity contribution in [3.05, 3.63) is 92.0 Å². The number of ether oxygens (including phenoxy) is 2. The molecule has 1 amide bonds. The maximum absolute atomic E-state index is 13.6. The van der Waals surface area contributed by atoms with Crippen LogP contribution in [0.1, 0.15) is 18.1 Å². The number of halogens is 3. The van der Waals surface area contributed by atoms with Crippen LogP contribution in [0, 0.1) is 5.82 Å². The topological polar surface area (TPSA) is 38.8 Å². The number of thioether (sulfide) groups is 1. The average Bonchev–Trinajstić information content (AvgIpc) is 3.08. The van der Waals surface area contributed by atoms with Crippen molar-refractivity contribution in [2.45, 2.75) is 13.5 Å². The van der Waals surface area contributed by atoms with E-state index in [0.717, 1.165) is 22.9 Å². The lowest BCUT2D eigenvalue weighted by Gasteiger charge is -2.15. The van der Waals surface area contributed by atoms with E-state index in [1.807, 2.05) is 49.4 Å². The van der Waals surface area contributed by atoms with Crippen LogP contribution in [0.25, 0.3) is 6.08 Å². The monoisotopic (exact) mass is 577 g/mol. The van der Waals surface area contributed by atoms with Gasteiger partial charge in [0.15, 0.2) is 15.8 Å². The van der Waals surface area contributed by atoms with Gasteiger partial charge in [-0.05, 0) is 70.4 Å². The molecule has 0 aromatic heterocycles. The van der Waals surface area contributed by atoms with E-state index in [4.69, 9.17) is 33.3 Å². The van der Waals surface area contributed by atoms with Gasteiger partial charge in [-0.2, -0.15) is 0 Å². The Balaban J connectivity index is 1.61. The smallest absolute Gasteiger partial charge is 0.270 e. The van der Waals surface area contributed by atoms with Crippen molar-refractivity contribution in [1.82, 2.24) is 0 Å². The fraction of sp³-hybridized carbons (Fsp3) is 0.120. The molecule has 1 saturated heterocycles. The highest BCUT2D eigenvalue weighted by Crippen LogP contribution is 2.41. The van der Waals surface area contributed by atoms with Gasteiger partial charge in [0.1, 0.15) is 12.4 Å². The number of carbonyl (C=O) groups excluding carboxylic acids is 1. The molecule has 0 aliphatic carbocycles. The number of carbonyl (C=O) groups is 1. The minimum atomic E-state index is -0.561. The molecule has 1 aliphatic rings. The van der Waals surface area contributed by atoms with Gasteiger partial charge in [0.05, 0.1) is 26.7 Å². The predicted octanol–water partition coefficient (Wildman–Crippen LogP) is 7.63. The molecular weight excluding hydrogens is 561 g/mol. The Kier molecular flexibility index (Phi) is 7.93. The first-order chi connectivity index (χ1) is 16.4. The van der Waals surface area contributed by atoms with E-state index in [1.54, 1.807) is 6.08 Å². The lowest BCUT2D eigenvalue weighted by atomic mass is 10.1. The van der Waals surface area contributed by atoms with Crippen molar-refractivity contribution in [2.75, 3.05) is 11.5 Å². The van der Waals surface area contributed by atoms with Crippen LogP contribution in [0.15, 0.2) is 70.0 Å². The van der Waals surface area contributed by atoms with Gasteiger partial charge in [0.2, 0.25) is 0 Å². The van der Waals surface area contributed by atoms with E-state index < -0.39 is 5.82 Å². The lowest BCUT2D eigenvalue weighted by Crippen LogP contribution is -2.27. The van der Waals surface area contributed by atoms with Crippen molar-refractivity contribution < 1.29 is 18.7 Å². The van der Waals surface area contributed by atoms with E-state index in [-0.39, 0.29) is 10.9 Å². The molecule has 1 fully saturated rings.